The first kappa shape index (κ1) is 11.3. The quantitative estimate of drug-likeness (QED) is 0.320. The Morgan fingerprint density at radius 1 is 1.42 bits per heavy atom. The highest BCUT2D eigenvalue weighted by molar-refractivity contribution is 4.90. The van der Waals surface area contributed by atoms with Crippen molar-refractivity contribution in [2.24, 2.45) is 0 Å². The molecule has 0 saturated heterocycles. The number of ether oxygens (including phenoxy) is 1. The van der Waals surface area contributed by atoms with Crippen LogP contribution in [0.25, 0.3) is 0 Å². The molecule has 0 radical (unpaired) electrons. The number of rotatable bonds is 7. The van der Waals surface area contributed by atoms with E-state index in [1.165, 1.54) is 0 Å². The molecule has 12 heavy (non-hydrogen) atoms. The summed E-state index contributed by atoms with van der Waals surface area (Å²) in [4.78, 5) is 0. The Balaban J connectivity index is 3.44. The average molecular weight is 168 g/mol. The molecule has 0 heterocycles. The summed E-state index contributed by atoms with van der Waals surface area (Å²) in [5.41, 5.74) is 0. The van der Waals surface area contributed by atoms with Gasteiger partial charge in [0.1, 0.15) is 0 Å². The van der Waals surface area contributed by atoms with Gasteiger partial charge >= 0.3 is 0 Å². The monoisotopic (exact) mass is 168 g/mol. The normalized spacial score (nSPS) is 11.3. The molecule has 0 amide bonds. The van der Waals surface area contributed by atoms with Gasteiger partial charge in [-0.3, -0.25) is 0 Å². The first-order chi connectivity index (χ1) is 5.85. The second kappa shape index (κ2) is 8.38. The van der Waals surface area contributed by atoms with Gasteiger partial charge in [-0.25, -0.2) is 0 Å². The summed E-state index contributed by atoms with van der Waals surface area (Å²) in [6, 6.07) is 0. The molecule has 70 valence electrons. The van der Waals surface area contributed by atoms with Crippen molar-refractivity contribution in [3.05, 3.63) is 24.5 Å². The van der Waals surface area contributed by atoms with Crippen molar-refractivity contribution in [2.75, 3.05) is 6.61 Å². The fourth-order valence-corrected chi connectivity index (χ4v) is 0.964. The molecule has 0 aliphatic rings. The molecule has 0 bridgehead atoms. The van der Waals surface area contributed by atoms with Gasteiger partial charge in [0, 0.05) is 6.42 Å². The van der Waals surface area contributed by atoms with Gasteiger partial charge in [-0.2, -0.15) is 0 Å². The Hall–Kier alpha value is -0.720. The van der Waals surface area contributed by atoms with Crippen LogP contribution in [0, 0.1) is 0 Å². The minimum atomic E-state index is 0.825. The highest BCUT2D eigenvalue weighted by Gasteiger charge is 1.92. The lowest BCUT2D eigenvalue weighted by Gasteiger charge is -2.07. The smallest absolute Gasteiger partial charge is 0.0917 e. The molecule has 0 unspecified atom stereocenters. The highest BCUT2D eigenvalue weighted by Crippen LogP contribution is 2.05. The van der Waals surface area contributed by atoms with E-state index in [-0.39, 0.29) is 0 Å². The van der Waals surface area contributed by atoms with E-state index in [2.05, 4.69) is 26.5 Å². The molecule has 0 spiro atoms. The van der Waals surface area contributed by atoms with Crippen LogP contribution >= 0.6 is 0 Å². The van der Waals surface area contributed by atoms with E-state index in [9.17, 15) is 0 Å². The van der Waals surface area contributed by atoms with Crippen molar-refractivity contribution in [1.82, 2.24) is 0 Å². The SMILES string of the molecule is C=CCCCOC(=CCC)CC. The second-order valence-electron chi connectivity index (χ2n) is 2.71. The zero-order valence-electron chi connectivity index (χ0n) is 8.31. The topological polar surface area (TPSA) is 9.23 Å². The molecule has 0 aromatic heterocycles. The first-order valence-corrected chi connectivity index (χ1v) is 4.77. The van der Waals surface area contributed by atoms with E-state index in [0.717, 1.165) is 38.0 Å². The second-order valence-corrected chi connectivity index (χ2v) is 2.71. The molecule has 0 atom stereocenters. The molecule has 0 aromatic carbocycles. The summed E-state index contributed by atoms with van der Waals surface area (Å²) < 4.78 is 5.55. The average Bonchev–Trinajstić information content (AvgIpc) is 2.10. The van der Waals surface area contributed by atoms with Crippen molar-refractivity contribution in [3.63, 3.8) is 0 Å². The number of unbranched alkanes of at least 4 members (excludes halogenated alkanes) is 1. The molecule has 0 saturated carbocycles. The molecule has 1 heteroatoms. The Labute approximate surface area is 76.1 Å². The molecule has 0 aliphatic heterocycles. The molecule has 0 fully saturated rings. The van der Waals surface area contributed by atoms with Gasteiger partial charge in [-0.1, -0.05) is 19.9 Å². The van der Waals surface area contributed by atoms with Gasteiger partial charge in [-0.15, -0.1) is 6.58 Å². The standard InChI is InChI=1S/C11H20O/c1-4-7-8-10-12-11(6-3)9-5-2/h4,9H,1,5-8,10H2,2-3H3. The van der Waals surface area contributed by atoms with E-state index in [0.29, 0.717) is 0 Å². The van der Waals surface area contributed by atoms with E-state index < -0.39 is 0 Å². The third-order valence-electron chi connectivity index (χ3n) is 1.62. The Morgan fingerprint density at radius 3 is 2.67 bits per heavy atom. The third kappa shape index (κ3) is 6.02. The Kier molecular flexibility index (Phi) is 7.87. The molecule has 0 rings (SSSR count). The maximum Gasteiger partial charge on any atom is 0.0917 e. The van der Waals surface area contributed by atoms with Crippen LogP contribution in [-0.4, -0.2) is 6.61 Å². The van der Waals surface area contributed by atoms with Crippen molar-refractivity contribution in [2.45, 2.75) is 39.5 Å². The summed E-state index contributed by atoms with van der Waals surface area (Å²) in [5, 5.41) is 0. The fraction of sp³-hybridized carbons (Fsp3) is 0.636. The van der Waals surface area contributed by atoms with Gasteiger partial charge in [-0.05, 0) is 25.3 Å². The predicted octanol–water partition coefficient (Wildman–Crippen LogP) is 3.67. The van der Waals surface area contributed by atoms with Crippen LogP contribution in [0.5, 0.6) is 0 Å². The van der Waals surface area contributed by atoms with Crippen LogP contribution in [-0.2, 0) is 4.74 Å². The third-order valence-corrected chi connectivity index (χ3v) is 1.62. The molecule has 0 aliphatic carbocycles. The van der Waals surface area contributed by atoms with E-state index in [1.807, 2.05) is 6.08 Å². The summed E-state index contributed by atoms with van der Waals surface area (Å²) in [6.45, 7) is 8.74. The number of hydrogen-bond donors (Lipinski definition) is 0. The highest BCUT2D eigenvalue weighted by atomic mass is 16.5. The summed E-state index contributed by atoms with van der Waals surface area (Å²) in [7, 11) is 0. The van der Waals surface area contributed by atoms with Crippen LogP contribution < -0.4 is 0 Å². The zero-order chi connectivity index (χ0) is 9.23. The maximum atomic E-state index is 5.55. The van der Waals surface area contributed by atoms with Crippen LogP contribution in [0.3, 0.4) is 0 Å². The van der Waals surface area contributed by atoms with Gasteiger partial charge in [0.25, 0.3) is 0 Å². The first-order valence-electron chi connectivity index (χ1n) is 4.77. The lowest BCUT2D eigenvalue weighted by Crippen LogP contribution is -1.93. The predicted molar refractivity (Wildman–Crippen MR) is 54.0 cm³/mol. The van der Waals surface area contributed by atoms with E-state index in [1.54, 1.807) is 0 Å². The molecular weight excluding hydrogens is 148 g/mol. The van der Waals surface area contributed by atoms with Gasteiger partial charge < -0.3 is 4.74 Å². The Morgan fingerprint density at radius 2 is 2.17 bits per heavy atom. The largest absolute Gasteiger partial charge is 0.498 e. The van der Waals surface area contributed by atoms with Gasteiger partial charge in [0.15, 0.2) is 0 Å². The van der Waals surface area contributed by atoms with Gasteiger partial charge in [0.05, 0.1) is 12.4 Å². The molecular formula is C11H20O. The Bertz CT molecular complexity index is 136. The van der Waals surface area contributed by atoms with Crippen LogP contribution in [0.2, 0.25) is 0 Å². The zero-order valence-corrected chi connectivity index (χ0v) is 8.31. The van der Waals surface area contributed by atoms with Crippen molar-refractivity contribution in [3.8, 4) is 0 Å². The molecule has 0 N–H and O–H groups in total. The lowest BCUT2D eigenvalue weighted by atomic mass is 10.3. The summed E-state index contributed by atoms with van der Waals surface area (Å²) >= 11 is 0. The van der Waals surface area contributed by atoms with Crippen molar-refractivity contribution in [1.29, 1.82) is 0 Å². The van der Waals surface area contributed by atoms with E-state index >= 15 is 0 Å². The number of hydrogen-bond acceptors (Lipinski definition) is 1. The maximum absolute atomic E-state index is 5.55. The van der Waals surface area contributed by atoms with Crippen LogP contribution in [0.1, 0.15) is 39.5 Å². The van der Waals surface area contributed by atoms with Crippen LogP contribution in [0.15, 0.2) is 24.5 Å². The van der Waals surface area contributed by atoms with Crippen molar-refractivity contribution >= 4 is 0 Å². The molecule has 1 nitrogen and oxygen atoms in total. The minimum absolute atomic E-state index is 0.825. The van der Waals surface area contributed by atoms with Crippen LogP contribution in [0.4, 0.5) is 0 Å². The minimum Gasteiger partial charge on any atom is -0.498 e. The lowest BCUT2D eigenvalue weighted by molar-refractivity contribution is 0.200. The summed E-state index contributed by atoms with van der Waals surface area (Å²) in [6.07, 6.45) is 8.26. The number of allylic oxidation sites excluding steroid dienone is 3. The van der Waals surface area contributed by atoms with Gasteiger partial charge in [0.2, 0.25) is 0 Å². The summed E-state index contributed by atoms with van der Waals surface area (Å²) in [5.74, 6) is 1.13. The molecule has 0 aromatic rings. The van der Waals surface area contributed by atoms with E-state index in [4.69, 9.17) is 4.74 Å². The van der Waals surface area contributed by atoms with Crippen molar-refractivity contribution < 1.29 is 4.74 Å². The fourth-order valence-electron chi connectivity index (χ4n) is 0.964.